The lowest BCUT2D eigenvalue weighted by Crippen LogP contribution is -2.32. The number of nitrogens with two attached hydrogens (primary N) is 1. The lowest BCUT2D eigenvalue weighted by Gasteiger charge is -2.13. The molecule has 1 atom stereocenters. The topological polar surface area (TPSA) is 68.0 Å². The summed E-state index contributed by atoms with van der Waals surface area (Å²) in [6.07, 6.45) is 7.99. The average molecular weight is 291 g/mol. The number of carbonyl (C=O) groups excluding carboxylic acids is 1. The molecule has 2 aromatic heterocycles. The summed E-state index contributed by atoms with van der Waals surface area (Å²) in [6.45, 7) is 4.22. The maximum atomic E-state index is 12.3. The highest BCUT2D eigenvalue weighted by Gasteiger charge is 2.17. The predicted octanol–water partition coefficient (Wildman–Crippen LogP) is 3.58. The van der Waals surface area contributed by atoms with Crippen molar-refractivity contribution in [3.8, 4) is 0 Å². The van der Waals surface area contributed by atoms with Gasteiger partial charge in [-0.05, 0) is 19.4 Å². The molecule has 0 aromatic carbocycles. The quantitative estimate of drug-likeness (QED) is 0.799. The van der Waals surface area contributed by atoms with Crippen LogP contribution in [0.4, 0.5) is 5.69 Å². The molecule has 0 spiro atoms. The van der Waals surface area contributed by atoms with Crippen molar-refractivity contribution in [3.63, 3.8) is 0 Å². The molecule has 0 bridgehead atoms. The van der Waals surface area contributed by atoms with Crippen LogP contribution >= 0.6 is 11.3 Å². The van der Waals surface area contributed by atoms with Crippen molar-refractivity contribution >= 4 is 33.0 Å². The number of rotatable bonds is 6. The van der Waals surface area contributed by atoms with Crippen molar-refractivity contribution in [2.24, 2.45) is 0 Å². The van der Waals surface area contributed by atoms with Crippen LogP contribution in [0.3, 0.4) is 0 Å². The molecular formula is C15H21N3OS. The summed E-state index contributed by atoms with van der Waals surface area (Å²) >= 11 is 1.40. The highest BCUT2D eigenvalue weighted by atomic mass is 32.1. The Kier molecular flexibility index (Phi) is 4.95. The Balaban J connectivity index is 2.06. The Hall–Kier alpha value is -1.62. The monoisotopic (exact) mass is 291 g/mol. The van der Waals surface area contributed by atoms with Crippen LogP contribution in [0.15, 0.2) is 18.5 Å². The Morgan fingerprint density at radius 2 is 2.30 bits per heavy atom. The number of unbranched alkanes of at least 4 members (excludes halogenated alkanes) is 2. The number of anilines is 1. The van der Waals surface area contributed by atoms with Gasteiger partial charge in [-0.3, -0.25) is 9.78 Å². The van der Waals surface area contributed by atoms with Crippen molar-refractivity contribution in [1.82, 2.24) is 10.3 Å². The third kappa shape index (κ3) is 3.28. The molecule has 4 nitrogen and oxygen atoms in total. The minimum atomic E-state index is -0.0762. The lowest BCUT2D eigenvalue weighted by molar-refractivity contribution is 0.0943. The van der Waals surface area contributed by atoms with Crippen molar-refractivity contribution in [2.75, 3.05) is 5.73 Å². The van der Waals surface area contributed by atoms with E-state index in [-0.39, 0.29) is 11.9 Å². The number of nitrogen functional groups attached to an aromatic ring is 1. The number of carbonyl (C=O) groups is 1. The van der Waals surface area contributed by atoms with Gasteiger partial charge >= 0.3 is 0 Å². The zero-order valence-electron chi connectivity index (χ0n) is 12.0. The van der Waals surface area contributed by atoms with Gasteiger partial charge in [0, 0.05) is 23.8 Å². The van der Waals surface area contributed by atoms with E-state index in [1.165, 1.54) is 24.2 Å². The number of nitrogens with zero attached hydrogens (tertiary/aromatic N) is 1. The van der Waals surface area contributed by atoms with Crippen LogP contribution < -0.4 is 11.1 Å². The number of hydrogen-bond donors (Lipinski definition) is 2. The van der Waals surface area contributed by atoms with Gasteiger partial charge in [0.1, 0.15) is 4.88 Å². The Morgan fingerprint density at radius 1 is 1.50 bits per heavy atom. The van der Waals surface area contributed by atoms with E-state index < -0.39 is 0 Å². The van der Waals surface area contributed by atoms with Crippen LogP contribution in [-0.4, -0.2) is 16.9 Å². The van der Waals surface area contributed by atoms with E-state index >= 15 is 0 Å². The summed E-state index contributed by atoms with van der Waals surface area (Å²) in [5.41, 5.74) is 6.62. The third-order valence-corrected chi connectivity index (χ3v) is 4.51. The van der Waals surface area contributed by atoms with E-state index in [0.717, 1.165) is 22.9 Å². The van der Waals surface area contributed by atoms with Crippen molar-refractivity contribution in [2.45, 2.75) is 45.6 Å². The van der Waals surface area contributed by atoms with Crippen molar-refractivity contribution in [3.05, 3.63) is 23.3 Å². The minimum Gasteiger partial charge on any atom is -0.397 e. The van der Waals surface area contributed by atoms with Gasteiger partial charge in [-0.15, -0.1) is 11.3 Å². The van der Waals surface area contributed by atoms with Gasteiger partial charge in [0.25, 0.3) is 5.91 Å². The van der Waals surface area contributed by atoms with Crippen LogP contribution in [0.2, 0.25) is 0 Å². The van der Waals surface area contributed by atoms with Gasteiger partial charge in [0.15, 0.2) is 0 Å². The molecule has 0 saturated heterocycles. The van der Waals surface area contributed by atoms with Gasteiger partial charge in [-0.25, -0.2) is 0 Å². The molecule has 0 radical (unpaired) electrons. The zero-order valence-corrected chi connectivity index (χ0v) is 12.8. The molecule has 0 aliphatic carbocycles. The number of thiophene rings is 1. The zero-order chi connectivity index (χ0) is 14.5. The summed E-state index contributed by atoms with van der Waals surface area (Å²) in [5, 5.41) is 3.94. The Bertz CT molecular complexity index is 594. The first-order chi connectivity index (χ1) is 9.63. The number of fused-ring (bicyclic) bond motifs is 1. The van der Waals surface area contributed by atoms with Crippen LogP contribution in [0.25, 0.3) is 10.1 Å². The SMILES string of the molecule is CCCCCC(C)NC(=O)c1sc2cnccc2c1N. The fourth-order valence-electron chi connectivity index (χ4n) is 2.20. The lowest BCUT2D eigenvalue weighted by atomic mass is 10.1. The third-order valence-electron chi connectivity index (χ3n) is 3.36. The molecule has 2 aromatic rings. The van der Waals surface area contributed by atoms with Crippen LogP contribution in [-0.2, 0) is 0 Å². The number of pyridine rings is 1. The summed E-state index contributed by atoms with van der Waals surface area (Å²) < 4.78 is 0.953. The van der Waals surface area contributed by atoms with E-state index in [0.29, 0.717) is 10.6 Å². The second-order valence-corrected chi connectivity index (χ2v) is 6.14. The molecule has 0 saturated carbocycles. The average Bonchev–Trinajstić information content (AvgIpc) is 2.77. The second-order valence-electron chi connectivity index (χ2n) is 5.09. The minimum absolute atomic E-state index is 0.0762. The molecule has 5 heteroatoms. The van der Waals surface area contributed by atoms with Gasteiger partial charge < -0.3 is 11.1 Å². The summed E-state index contributed by atoms with van der Waals surface area (Å²) in [4.78, 5) is 16.9. The first kappa shape index (κ1) is 14.8. The predicted molar refractivity (Wildman–Crippen MR) is 85.1 cm³/mol. The highest BCUT2D eigenvalue weighted by molar-refractivity contribution is 7.21. The normalized spacial score (nSPS) is 12.5. The second kappa shape index (κ2) is 6.70. The summed E-state index contributed by atoms with van der Waals surface area (Å²) in [6, 6.07) is 2.03. The van der Waals surface area contributed by atoms with E-state index in [9.17, 15) is 4.79 Å². The van der Waals surface area contributed by atoms with Crippen molar-refractivity contribution < 1.29 is 4.79 Å². The molecular weight excluding hydrogens is 270 g/mol. The maximum Gasteiger partial charge on any atom is 0.263 e. The highest BCUT2D eigenvalue weighted by Crippen LogP contribution is 2.32. The van der Waals surface area contributed by atoms with E-state index in [1.807, 2.05) is 13.0 Å². The van der Waals surface area contributed by atoms with Gasteiger partial charge in [0.2, 0.25) is 0 Å². The molecule has 2 rings (SSSR count). The Morgan fingerprint density at radius 3 is 3.00 bits per heavy atom. The molecule has 0 aliphatic heterocycles. The van der Waals surface area contributed by atoms with Crippen LogP contribution in [0.5, 0.6) is 0 Å². The maximum absolute atomic E-state index is 12.3. The van der Waals surface area contributed by atoms with E-state index in [1.54, 1.807) is 12.4 Å². The van der Waals surface area contributed by atoms with Gasteiger partial charge in [0.05, 0.1) is 10.4 Å². The number of amides is 1. The molecule has 0 fully saturated rings. The smallest absolute Gasteiger partial charge is 0.263 e. The largest absolute Gasteiger partial charge is 0.397 e. The molecule has 2 heterocycles. The van der Waals surface area contributed by atoms with Gasteiger partial charge in [-0.1, -0.05) is 26.2 Å². The molecule has 3 N–H and O–H groups in total. The van der Waals surface area contributed by atoms with Crippen LogP contribution in [0.1, 0.15) is 49.2 Å². The molecule has 1 unspecified atom stereocenters. The molecule has 108 valence electrons. The van der Waals surface area contributed by atoms with E-state index in [4.69, 9.17) is 5.73 Å². The first-order valence-electron chi connectivity index (χ1n) is 7.06. The standard InChI is InChI=1S/C15H21N3OS/c1-3-4-5-6-10(2)18-15(19)14-13(16)11-7-8-17-9-12(11)20-14/h7-10H,3-6,16H2,1-2H3,(H,18,19). The number of nitrogens with one attached hydrogen (secondary N) is 1. The fraction of sp³-hybridized carbons (Fsp3) is 0.467. The Labute approximate surface area is 123 Å². The molecule has 1 amide bonds. The fourth-order valence-corrected chi connectivity index (χ4v) is 3.19. The summed E-state index contributed by atoms with van der Waals surface area (Å²) in [5.74, 6) is -0.0762. The van der Waals surface area contributed by atoms with Crippen molar-refractivity contribution in [1.29, 1.82) is 0 Å². The first-order valence-corrected chi connectivity index (χ1v) is 7.88. The molecule has 0 aliphatic rings. The van der Waals surface area contributed by atoms with E-state index in [2.05, 4.69) is 17.2 Å². The van der Waals surface area contributed by atoms with Crippen LogP contribution in [0, 0.1) is 0 Å². The van der Waals surface area contributed by atoms with Gasteiger partial charge in [-0.2, -0.15) is 0 Å². The summed E-state index contributed by atoms with van der Waals surface area (Å²) in [7, 11) is 0. The number of aromatic nitrogens is 1. The molecule has 20 heavy (non-hydrogen) atoms. The number of hydrogen-bond acceptors (Lipinski definition) is 4.